The minimum Gasteiger partial charge on any atom is -0.469 e. The first kappa shape index (κ1) is 14.6. The molecule has 22 heavy (non-hydrogen) atoms. The van der Waals surface area contributed by atoms with Crippen molar-refractivity contribution in [2.45, 2.75) is 18.5 Å². The SMILES string of the molecule is O=C([C@H]1C[C@H]1c1ccco1)N(CC(F)(F)F)c1ccccn1. The number of carbonyl (C=O) groups excluding carboxylic acids is 1. The molecule has 0 radical (unpaired) electrons. The summed E-state index contributed by atoms with van der Waals surface area (Å²) in [5.41, 5.74) is 0. The molecule has 0 aromatic carbocycles. The highest BCUT2D eigenvalue weighted by Crippen LogP contribution is 2.49. The van der Waals surface area contributed by atoms with Crippen molar-refractivity contribution < 1.29 is 22.4 Å². The number of alkyl halides is 3. The molecule has 1 saturated carbocycles. The van der Waals surface area contributed by atoms with E-state index in [9.17, 15) is 18.0 Å². The van der Waals surface area contributed by atoms with Gasteiger partial charge < -0.3 is 4.42 Å². The fourth-order valence-electron chi connectivity index (χ4n) is 2.45. The minimum absolute atomic E-state index is 0.00919. The van der Waals surface area contributed by atoms with Gasteiger partial charge in [-0.3, -0.25) is 9.69 Å². The summed E-state index contributed by atoms with van der Waals surface area (Å²) in [5.74, 6) is -0.573. The maximum absolute atomic E-state index is 12.8. The van der Waals surface area contributed by atoms with Gasteiger partial charge in [0, 0.05) is 18.0 Å². The molecule has 1 amide bonds. The summed E-state index contributed by atoms with van der Waals surface area (Å²) in [5, 5.41) is 0. The molecule has 7 heteroatoms. The van der Waals surface area contributed by atoms with Crippen molar-refractivity contribution in [1.82, 2.24) is 4.98 Å². The maximum Gasteiger partial charge on any atom is 0.406 e. The van der Waals surface area contributed by atoms with Gasteiger partial charge >= 0.3 is 6.18 Å². The predicted molar refractivity (Wildman–Crippen MR) is 72.2 cm³/mol. The molecule has 2 atom stereocenters. The molecular formula is C15H13F3N2O2. The summed E-state index contributed by atoms with van der Waals surface area (Å²) >= 11 is 0. The number of furan rings is 1. The summed E-state index contributed by atoms with van der Waals surface area (Å²) < 4.78 is 43.5. The second-order valence-corrected chi connectivity index (χ2v) is 5.19. The molecule has 1 aliphatic rings. The van der Waals surface area contributed by atoms with E-state index >= 15 is 0 Å². The average molecular weight is 310 g/mol. The second-order valence-electron chi connectivity index (χ2n) is 5.19. The Morgan fingerprint density at radius 3 is 2.73 bits per heavy atom. The Morgan fingerprint density at radius 1 is 1.32 bits per heavy atom. The molecule has 2 aromatic rings. The molecule has 1 fully saturated rings. The van der Waals surface area contributed by atoms with Crippen LogP contribution in [0, 0.1) is 5.92 Å². The van der Waals surface area contributed by atoms with E-state index in [0.29, 0.717) is 17.1 Å². The summed E-state index contributed by atoms with van der Waals surface area (Å²) in [6.07, 6.45) is -1.14. The lowest BCUT2D eigenvalue weighted by Crippen LogP contribution is -2.40. The van der Waals surface area contributed by atoms with E-state index < -0.39 is 24.5 Å². The van der Waals surface area contributed by atoms with Crippen LogP contribution < -0.4 is 4.90 Å². The van der Waals surface area contributed by atoms with Gasteiger partial charge in [-0.1, -0.05) is 6.07 Å². The summed E-state index contributed by atoms with van der Waals surface area (Å²) in [4.78, 5) is 17.0. The highest BCUT2D eigenvalue weighted by molar-refractivity contribution is 5.96. The molecule has 0 saturated heterocycles. The number of rotatable bonds is 4. The summed E-state index contributed by atoms with van der Waals surface area (Å²) in [7, 11) is 0. The molecule has 0 unspecified atom stereocenters. The van der Waals surface area contributed by atoms with E-state index in [1.807, 2.05) is 0 Å². The monoisotopic (exact) mass is 310 g/mol. The van der Waals surface area contributed by atoms with Crippen LogP contribution in [-0.2, 0) is 4.79 Å². The first-order valence-electron chi connectivity index (χ1n) is 6.78. The molecule has 1 aliphatic carbocycles. The van der Waals surface area contributed by atoms with Gasteiger partial charge in [-0.25, -0.2) is 4.98 Å². The molecule has 2 heterocycles. The highest BCUT2D eigenvalue weighted by atomic mass is 19.4. The van der Waals surface area contributed by atoms with Gasteiger partial charge in [0.1, 0.15) is 18.1 Å². The van der Waals surface area contributed by atoms with Gasteiger partial charge in [-0.05, 0) is 30.7 Å². The van der Waals surface area contributed by atoms with Gasteiger partial charge in [0.15, 0.2) is 0 Å². The van der Waals surface area contributed by atoms with Gasteiger partial charge in [0.05, 0.1) is 6.26 Å². The van der Waals surface area contributed by atoms with Crippen molar-refractivity contribution in [2.24, 2.45) is 5.92 Å². The van der Waals surface area contributed by atoms with Crippen molar-refractivity contribution in [3.63, 3.8) is 0 Å². The number of amides is 1. The summed E-state index contributed by atoms with van der Waals surface area (Å²) in [6.45, 7) is -1.34. The predicted octanol–water partition coefficient (Wildman–Crippen LogP) is 3.37. The molecule has 4 nitrogen and oxygen atoms in total. The maximum atomic E-state index is 12.8. The zero-order valence-electron chi connectivity index (χ0n) is 11.5. The smallest absolute Gasteiger partial charge is 0.406 e. The number of aromatic nitrogens is 1. The lowest BCUT2D eigenvalue weighted by Gasteiger charge is -2.23. The van der Waals surface area contributed by atoms with Crippen molar-refractivity contribution in [1.29, 1.82) is 0 Å². The Balaban J connectivity index is 1.79. The van der Waals surface area contributed by atoms with Gasteiger partial charge in [-0.15, -0.1) is 0 Å². The third-order valence-corrected chi connectivity index (χ3v) is 3.55. The van der Waals surface area contributed by atoms with Crippen molar-refractivity contribution >= 4 is 11.7 Å². The third kappa shape index (κ3) is 3.13. The molecule has 0 N–H and O–H groups in total. The standard InChI is InChI=1S/C15H13F3N2O2/c16-15(17,18)9-20(13-5-1-2-6-19-13)14(21)11-8-10(11)12-4-3-7-22-12/h1-7,10-11H,8-9H2/t10-,11+/m1/s1. The number of nitrogens with zero attached hydrogens (tertiary/aromatic N) is 2. The van der Waals surface area contributed by atoms with Crippen molar-refractivity contribution in [3.05, 3.63) is 48.6 Å². The van der Waals surface area contributed by atoms with Crippen LogP contribution in [0.3, 0.4) is 0 Å². The van der Waals surface area contributed by atoms with E-state index in [1.54, 1.807) is 24.3 Å². The van der Waals surface area contributed by atoms with Gasteiger partial charge in [-0.2, -0.15) is 13.2 Å². The van der Waals surface area contributed by atoms with Crippen LogP contribution >= 0.6 is 0 Å². The van der Waals surface area contributed by atoms with Crippen LogP contribution in [0.2, 0.25) is 0 Å². The van der Waals surface area contributed by atoms with Crippen molar-refractivity contribution in [3.8, 4) is 0 Å². The number of carbonyl (C=O) groups is 1. The van der Waals surface area contributed by atoms with Gasteiger partial charge in [0.2, 0.25) is 5.91 Å². The van der Waals surface area contributed by atoms with Crippen LogP contribution in [0.4, 0.5) is 19.0 Å². The van der Waals surface area contributed by atoms with Crippen molar-refractivity contribution in [2.75, 3.05) is 11.4 Å². The third-order valence-electron chi connectivity index (χ3n) is 3.55. The lowest BCUT2D eigenvalue weighted by atomic mass is 10.2. The lowest BCUT2D eigenvalue weighted by molar-refractivity contribution is -0.133. The van der Waals surface area contributed by atoms with E-state index in [2.05, 4.69) is 4.98 Å². The first-order valence-corrected chi connectivity index (χ1v) is 6.78. The molecular weight excluding hydrogens is 297 g/mol. The molecule has 0 bridgehead atoms. The molecule has 116 valence electrons. The van der Waals surface area contributed by atoms with E-state index in [0.717, 1.165) is 0 Å². The number of hydrogen-bond acceptors (Lipinski definition) is 3. The Bertz CT molecular complexity index is 641. The van der Waals surface area contributed by atoms with E-state index in [-0.39, 0.29) is 11.7 Å². The summed E-state index contributed by atoms with van der Waals surface area (Å²) in [6, 6.07) is 7.96. The van der Waals surface area contributed by atoms with Gasteiger partial charge in [0.25, 0.3) is 0 Å². The van der Waals surface area contributed by atoms with E-state index in [4.69, 9.17) is 4.42 Å². The number of halogens is 3. The Labute approximate surface area is 124 Å². The second kappa shape index (κ2) is 5.47. The number of hydrogen-bond donors (Lipinski definition) is 0. The Morgan fingerprint density at radius 2 is 2.14 bits per heavy atom. The number of pyridine rings is 1. The zero-order chi connectivity index (χ0) is 15.7. The first-order chi connectivity index (χ1) is 10.5. The molecule has 2 aromatic heterocycles. The van der Waals surface area contributed by atoms with Crippen LogP contribution in [0.15, 0.2) is 47.2 Å². The molecule has 0 aliphatic heterocycles. The fraction of sp³-hybridized carbons (Fsp3) is 0.333. The van der Waals surface area contributed by atoms with Crippen LogP contribution in [0.25, 0.3) is 0 Å². The van der Waals surface area contributed by atoms with Crippen LogP contribution in [0.5, 0.6) is 0 Å². The average Bonchev–Trinajstić information content (AvgIpc) is 3.09. The van der Waals surface area contributed by atoms with Crippen LogP contribution in [-0.4, -0.2) is 23.6 Å². The zero-order valence-corrected chi connectivity index (χ0v) is 11.5. The topological polar surface area (TPSA) is 46.3 Å². The molecule has 3 rings (SSSR count). The quantitative estimate of drug-likeness (QED) is 0.870. The largest absolute Gasteiger partial charge is 0.469 e. The number of anilines is 1. The highest BCUT2D eigenvalue weighted by Gasteiger charge is 2.49. The molecule has 0 spiro atoms. The van der Waals surface area contributed by atoms with Crippen LogP contribution in [0.1, 0.15) is 18.1 Å². The fourth-order valence-corrected chi connectivity index (χ4v) is 2.45. The Kier molecular flexibility index (Phi) is 3.64. The minimum atomic E-state index is -4.48. The normalized spacial score (nSPS) is 20.7. The van der Waals surface area contributed by atoms with E-state index in [1.165, 1.54) is 18.5 Å². The Hall–Kier alpha value is -2.31.